The number of carbonyl (C=O) groups is 1. The van der Waals surface area contributed by atoms with E-state index in [0.717, 1.165) is 22.7 Å². The number of methoxy groups -OCH3 is 1. The average molecular weight is 421 g/mol. The fraction of sp³-hybridized carbons (Fsp3) is 0.208. The maximum Gasteiger partial charge on any atom is 0.211 e. The maximum absolute atomic E-state index is 11.1. The molecule has 0 heterocycles. The molecule has 6 N–H and O–H groups in total. The van der Waals surface area contributed by atoms with Gasteiger partial charge in [-0.2, -0.15) is 0 Å². The lowest BCUT2D eigenvalue weighted by atomic mass is 9.87. The van der Waals surface area contributed by atoms with Crippen molar-refractivity contribution < 1.29 is 19.7 Å². The Bertz CT molecular complexity index is 1010. The largest absolute Gasteiger partial charge is 0.506 e. The number of carbonyl (C=O) groups excluding carboxylic acids is 1. The summed E-state index contributed by atoms with van der Waals surface area (Å²) in [6.45, 7) is 0.00934. The summed E-state index contributed by atoms with van der Waals surface area (Å²) in [6.07, 6.45) is 1.47. The molecule has 3 rings (SSSR count). The fourth-order valence-corrected chi connectivity index (χ4v) is 3.32. The summed E-state index contributed by atoms with van der Waals surface area (Å²) >= 11 is 0. The van der Waals surface area contributed by atoms with Gasteiger partial charge in [-0.15, -0.1) is 0 Å². The van der Waals surface area contributed by atoms with Gasteiger partial charge >= 0.3 is 0 Å². The number of nitrogens with two attached hydrogens (primary N) is 1. The van der Waals surface area contributed by atoms with E-state index in [-0.39, 0.29) is 18.0 Å². The fourth-order valence-electron chi connectivity index (χ4n) is 3.32. The molecule has 1 amide bonds. The molecule has 3 aromatic carbocycles. The van der Waals surface area contributed by atoms with Gasteiger partial charge in [-0.3, -0.25) is 4.79 Å². The molecule has 0 saturated carbocycles. The Hall–Kier alpha value is -3.55. The van der Waals surface area contributed by atoms with E-state index in [1.807, 2.05) is 48.5 Å². The molecule has 0 saturated heterocycles. The van der Waals surface area contributed by atoms with Crippen LogP contribution >= 0.6 is 0 Å². The number of phenolic OH excluding ortho intramolecular Hbond substituents is 1. The third kappa shape index (κ3) is 5.53. The number of anilines is 3. The predicted octanol–water partition coefficient (Wildman–Crippen LogP) is 3.49. The number of hydrogen-bond acceptors (Lipinski definition) is 6. The van der Waals surface area contributed by atoms with Gasteiger partial charge in [0.15, 0.2) is 0 Å². The number of aryl methyl sites for hydroxylation is 1. The summed E-state index contributed by atoms with van der Waals surface area (Å²) in [5.41, 5.74) is 8.32. The van der Waals surface area contributed by atoms with E-state index in [1.165, 1.54) is 6.07 Å². The number of ether oxygens (including phenoxy) is 1. The molecule has 7 heteroatoms. The van der Waals surface area contributed by atoms with E-state index in [4.69, 9.17) is 10.5 Å². The van der Waals surface area contributed by atoms with Crippen LogP contribution in [0.1, 0.15) is 17.5 Å². The van der Waals surface area contributed by atoms with Crippen LogP contribution < -0.4 is 21.1 Å². The smallest absolute Gasteiger partial charge is 0.211 e. The summed E-state index contributed by atoms with van der Waals surface area (Å²) in [5, 5.41) is 26.7. The summed E-state index contributed by atoms with van der Waals surface area (Å²) in [7, 11) is 1.63. The molecule has 0 bridgehead atoms. The van der Waals surface area contributed by atoms with E-state index >= 15 is 0 Å². The molecule has 7 nitrogen and oxygen atoms in total. The lowest BCUT2D eigenvalue weighted by Crippen LogP contribution is -2.35. The van der Waals surface area contributed by atoms with E-state index in [9.17, 15) is 15.0 Å². The summed E-state index contributed by atoms with van der Waals surface area (Å²) in [6, 6.07) is 20.2. The molecule has 0 aromatic heterocycles. The minimum atomic E-state index is -1.28. The highest BCUT2D eigenvalue weighted by atomic mass is 16.5. The van der Waals surface area contributed by atoms with E-state index in [2.05, 4.69) is 10.6 Å². The quantitative estimate of drug-likeness (QED) is 0.253. The predicted molar refractivity (Wildman–Crippen MR) is 122 cm³/mol. The number of aromatic hydroxyl groups is 1. The number of benzene rings is 3. The highest BCUT2D eigenvalue weighted by Gasteiger charge is 2.28. The van der Waals surface area contributed by atoms with Gasteiger partial charge in [0, 0.05) is 17.9 Å². The van der Waals surface area contributed by atoms with Crippen LogP contribution in [0.5, 0.6) is 11.5 Å². The number of aliphatic hydroxyl groups is 1. The molecule has 0 radical (unpaired) electrons. The first-order valence-corrected chi connectivity index (χ1v) is 9.93. The Kier molecular flexibility index (Phi) is 7.12. The molecular formula is C24H27N3O4. The summed E-state index contributed by atoms with van der Waals surface area (Å²) in [4.78, 5) is 10.7. The van der Waals surface area contributed by atoms with Gasteiger partial charge in [-0.05, 0) is 72.5 Å². The van der Waals surface area contributed by atoms with Crippen molar-refractivity contribution in [2.24, 2.45) is 5.73 Å². The standard InChI is InChI=1S/C24H27N3O4/c1-31-21-9-7-20(8-10-21)27-19-5-2-17(3-6-19)12-13-24(30,15-25)18-4-11-23(29)22(14-18)26-16-28/h2-11,14,16,27,29-30H,12-13,15,25H2,1H3,(H,26,28)/t24-/m0/s1. The third-order valence-corrected chi connectivity index (χ3v) is 5.25. The highest BCUT2D eigenvalue weighted by Crippen LogP contribution is 2.32. The summed E-state index contributed by atoms with van der Waals surface area (Å²) in [5.74, 6) is 0.728. The molecule has 0 unspecified atom stereocenters. The molecule has 0 aliphatic heterocycles. The maximum atomic E-state index is 11.1. The Morgan fingerprint density at radius 1 is 1.03 bits per heavy atom. The number of hydrogen-bond donors (Lipinski definition) is 5. The van der Waals surface area contributed by atoms with Crippen LogP contribution in [0.4, 0.5) is 17.1 Å². The van der Waals surface area contributed by atoms with Crippen molar-refractivity contribution >= 4 is 23.5 Å². The Morgan fingerprint density at radius 3 is 2.26 bits per heavy atom. The van der Waals surface area contributed by atoms with E-state index < -0.39 is 5.60 Å². The van der Waals surface area contributed by atoms with Crippen LogP contribution in [-0.4, -0.2) is 30.3 Å². The van der Waals surface area contributed by atoms with Crippen LogP contribution in [0.15, 0.2) is 66.7 Å². The molecule has 3 aromatic rings. The van der Waals surface area contributed by atoms with Gasteiger partial charge in [0.1, 0.15) is 17.1 Å². The first-order valence-electron chi connectivity index (χ1n) is 9.93. The minimum Gasteiger partial charge on any atom is -0.506 e. The summed E-state index contributed by atoms with van der Waals surface area (Å²) < 4.78 is 5.17. The number of nitrogens with one attached hydrogen (secondary N) is 2. The van der Waals surface area contributed by atoms with Crippen LogP contribution in [-0.2, 0) is 16.8 Å². The molecule has 0 aliphatic rings. The number of amides is 1. The highest BCUT2D eigenvalue weighted by molar-refractivity contribution is 5.75. The third-order valence-electron chi connectivity index (χ3n) is 5.25. The van der Waals surface area contributed by atoms with Crippen LogP contribution in [0.2, 0.25) is 0 Å². The zero-order chi connectivity index (χ0) is 22.3. The van der Waals surface area contributed by atoms with E-state index in [1.54, 1.807) is 19.2 Å². The number of phenols is 1. The van der Waals surface area contributed by atoms with Gasteiger partial charge < -0.3 is 31.3 Å². The van der Waals surface area contributed by atoms with Crippen molar-refractivity contribution in [3.8, 4) is 11.5 Å². The van der Waals surface area contributed by atoms with Crippen LogP contribution in [0, 0.1) is 0 Å². The average Bonchev–Trinajstić information content (AvgIpc) is 2.80. The van der Waals surface area contributed by atoms with Crippen molar-refractivity contribution in [2.75, 3.05) is 24.3 Å². The Morgan fingerprint density at radius 2 is 1.68 bits per heavy atom. The molecule has 0 fully saturated rings. The van der Waals surface area contributed by atoms with Gasteiger partial charge in [0.2, 0.25) is 6.41 Å². The minimum absolute atomic E-state index is 0.00934. The molecule has 162 valence electrons. The molecular weight excluding hydrogens is 394 g/mol. The lowest BCUT2D eigenvalue weighted by Gasteiger charge is -2.28. The second-order valence-corrected chi connectivity index (χ2v) is 7.28. The van der Waals surface area contributed by atoms with E-state index in [0.29, 0.717) is 24.8 Å². The molecule has 0 spiro atoms. The first kappa shape index (κ1) is 22.1. The first-order chi connectivity index (χ1) is 15.0. The normalized spacial score (nSPS) is 12.6. The zero-order valence-electron chi connectivity index (χ0n) is 17.3. The van der Waals surface area contributed by atoms with Crippen molar-refractivity contribution in [3.05, 3.63) is 77.9 Å². The van der Waals surface area contributed by atoms with Crippen molar-refractivity contribution in [2.45, 2.75) is 18.4 Å². The SMILES string of the molecule is COc1ccc(Nc2ccc(CC[C@](O)(CN)c3ccc(O)c(NC=O)c3)cc2)cc1. The Labute approximate surface area is 181 Å². The van der Waals surface area contributed by atoms with Crippen LogP contribution in [0.25, 0.3) is 0 Å². The molecule has 0 aliphatic carbocycles. The number of rotatable bonds is 10. The van der Waals surface area contributed by atoms with Gasteiger partial charge in [-0.25, -0.2) is 0 Å². The monoisotopic (exact) mass is 421 g/mol. The van der Waals surface area contributed by atoms with Crippen molar-refractivity contribution in [1.29, 1.82) is 0 Å². The molecule has 1 atom stereocenters. The zero-order valence-corrected chi connectivity index (χ0v) is 17.3. The van der Waals surface area contributed by atoms with Gasteiger partial charge in [0.05, 0.1) is 12.8 Å². The van der Waals surface area contributed by atoms with Crippen LogP contribution in [0.3, 0.4) is 0 Å². The molecule has 31 heavy (non-hydrogen) atoms. The van der Waals surface area contributed by atoms with Crippen molar-refractivity contribution in [1.82, 2.24) is 0 Å². The second kappa shape index (κ2) is 9.97. The topological polar surface area (TPSA) is 117 Å². The second-order valence-electron chi connectivity index (χ2n) is 7.28. The van der Waals surface area contributed by atoms with Crippen molar-refractivity contribution in [3.63, 3.8) is 0 Å². The lowest BCUT2D eigenvalue weighted by molar-refractivity contribution is -0.105. The Balaban J connectivity index is 1.66. The van der Waals surface area contributed by atoms with Gasteiger partial charge in [-0.1, -0.05) is 18.2 Å². The van der Waals surface area contributed by atoms with Gasteiger partial charge in [0.25, 0.3) is 0 Å².